The lowest BCUT2D eigenvalue weighted by atomic mass is 10.0. The number of pyridine rings is 1. The smallest absolute Gasteiger partial charge is 0.259 e. The van der Waals surface area contributed by atoms with Gasteiger partial charge in [0.25, 0.3) is 5.91 Å². The topological polar surface area (TPSA) is 85.1 Å². The van der Waals surface area contributed by atoms with E-state index in [-0.39, 0.29) is 17.3 Å². The van der Waals surface area contributed by atoms with Crippen LogP contribution in [0.5, 0.6) is 0 Å². The predicted molar refractivity (Wildman–Crippen MR) is 84.9 cm³/mol. The minimum absolute atomic E-state index is 0.0678. The number of nitrogens with one attached hydrogen (secondary N) is 1. The van der Waals surface area contributed by atoms with Crippen molar-refractivity contribution in [3.8, 4) is 11.3 Å². The van der Waals surface area contributed by atoms with Gasteiger partial charge in [-0.2, -0.15) is 0 Å². The molecule has 2 aromatic rings. The van der Waals surface area contributed by atoms with Gasteiger partial charge in [0, 0.05) is 11.8 Å². The van der Waals surface area contributed by atoms with Gasteiger partial charge in [-0.15, -0.1) is 0 Å². The Morgan fingerprint density at radius 1 is 1.13 bits per heavy atom. The number of amides is 2. The molecular weight excluding hydrogens is 297 g/mol. The summed E-state index contributed by atoms with van der Waals surface area (Å²) in [7, 11) is 0. The second-order valence-corrected chi connectivity index (χ2v) is 5.53. The summed E-state index contributed by atoms with van der Waals surface area (Å²) >= 11 is 0. The Morgan fingerprint density at radius 2 is 1.78 bits per heavy atom. The van der Waals surface area contributed by atoms with E-state index in [2.05, 4.69) is 10.3 Å². The fourth-order valence-electron chi connectivity index (χ4n) is 1.89. The average molecular weight is 315 g/mol. The Balaban J connectivity index is 2.08. The third-order valence-electron chi connectivity index (χ3n) is 3.42. The average Bonchev–Trinajstić information content (AvgIpc) is 2.54. The summed E-state index contributed by atoms with van der Waals surface area (Å²) in [5, 5.41) is 2.25. The van der Waals surface area contributed by atoms with E-state index >= 15 is 0 Å². The van der Waals surface area contributed by atoms with Crippen LogP contribution in [-0.2, 0) is 4.79 Å². The third-order valence-corrected chi connectivity index (χ3v) is 3.42. The number of carbonyl (C=O) groups is 2. The van der Waals surface area contributed by atoms with Gasteiger partial charge in [-0.05, 0) is 42.3 Å². The van der Waals surface area contributed by atoms with Gasteiger partial charge >= 0.3 is 0 Å². The molecule has 0 fully saturated rings. The van der Waals surface area contributed by atoms with Crippen LogP contribution in [0.3, 0.4) is 0 Å². The number of carbonyl (C=O) groups excluding carboxylic acids is 2. The molecule has 0 unspecified atom stereocenters. The minimum Gasteiger partial charge on any atom is -0.320 e. The number of aromatic nitrogens is 1. The van der Waals surface area contributed by atoms with E-state index in [1.807, 2.05) is 0 Å². The standard InChI is InChI=1S/C17H18FN3O2/c1-10(2)15(19)17(23)21-16(22)12-5-8-14(20-9-12)11-3-6-13(18)7-4-11/h3-10,15H,19H2,1-2H3,(H,21,22,23)/t15-/m0/s1. The molecular formula is C17H18FN3O2. The molecule has 5 nitrogen and oxygen atoms in total. The first-order chi connectivity index (χ1) is 10.9. The van der Waals surface area contributed by atoms with E-state index in [0.29, 0.717) is 5.69 Å². The van der Waals surface area contributed by atoms with Crippen LogP contribution < -0.4 is 11.1 Å². The van der Waals surface area contributed by atoms with Crippen LogP contribution in [-0.4, -0.2) is 22.8 Å². The molecule has 0 aliphatic carbocycles. The summed E-state index contributed by atoms with van der Waals surface area (Å²) in [6, 6.07) is 8.31. The lowest BCUT2D eigenvalue weighted by Crippen LogP contribution is -2.46. The molecule has 120 valence electrons. The molecule has 0 saturated heterocycles. The number of benzene rings is 1. The second-order valence-electron chi connectivity index (χ2n) is 5.53. The number of imide groups is 1. The summed E-state index contributed by atoms with van der Waals surface area (Å²) < 4.78 is 12.9. The Hall–Kier alpha value is -2.60. The fraction of sp³-hybridized carbons (Fsp3) is 0.235. The Kier molecular flexibility index (Phi) is 5.18. The molecule has 0 aliphatic rings. The Labute approximate surface area is 133 Å². The number of rotatable bonds is 4. The zero-order valence-corrected chi connectivity index (χ0v) is 12.9. The van der Waals surface area contributed by atoms with Crippen molar-refractivity contribution in [2.24, 2.45) is 11.7 Å². The van der Waals surface area contributed by atoms with Crippen molar-refractivity contribution in [3.05, 3.63) is 54.0 Å². The lowest BCUT2D eigenvalue weighted by Gasteiger charge is -2.14. The quantitative estimate of drug-likeness (QED) is 0.905. The summed E-state index contributed by atoms with van der Waals surface area (Å²) in [6.07, 6.45) is 1.36. The number of nitrogens with zero attached hydrogens (tertiary/aromatic N) is 1. The van der Waals surface area contributed by atoms with Gasteiger partial charge in [-0.1, -0.05) is 13.8 Å². The molecule has 2 rings (SSSR count). The van der Waals surface area contributed by atoms with E-state index in [1.165, 1.54) is 18.3 Å². The van der Waals surface area contributed by atoms with Crippen LogP contribution >= 0.6 is 0 Å². The van der Waals surface area contributed by atoms with Crippen molar-refractivity contribution in [2.75, 3.05) is 0 Å². The highest BCUT2D eigenvalue weighted by atomic mass is 19.1. The summed E-state index contributed by atoms with van der Waals surface area (Å²) in [4.78, 5) is 27.9. The van der Waals surface area contributed by atoms with Gasteiger partial charge in [0.05, 0.1) is 17.3 Å². The summed E-state index contributed by atoms with van der Waals surface area (Å²) in [5.41, 5.74) is 7.27. The van der Waals surface area contributed by atoms with Gasteiger partial charge < -0.3 is 5.73 Å². The van der Waals surface area contributed by atoms with Crippen molar-refractivity contribution in [1.29, 1.82) is 0 Å². The zero-order chi connectivity index (χ0) is 17.0. The number of nitrogens with two attached hydrogens (primary N) is 1. The molecule has 0 bridgehead atoms. The van der Waals surface area contributed by atoms with E-state index in [4.69, 9.17) is 5.73 Å². The lowest BCUT2D eigenvalue weighted by molar-refractivity contribution is -0.122. The SMILES string of the molecule is CC(C)[C@H](N)C(=O)NC(=O)c1ccc(-c2ccc(F)cc2)nc1. The number of hydrogen-bond acceptors (Lipinski definition) is 4. The van der Waals surface area contributed by atoms with E-state index < -0.39 is 17.9 Å². The first-order valence-electron chi connectivity index (χ1n) is 7.21. The molecule has 23 heavy (non-hydrogen) atoms. The van der Waals surface area contributed by atoms with Crippen molar-refractivity contribution in [3.63, 3.8) is 0 Å². The highest BCUT2D eigenvalue weighted by Crippen LogP contribution is 2.17. The summed E-state index contributed by atoms with van der Waals surface area (Å²) in [5.74, 6) is -1.47. The van der Waals surface area contributed by atoms with Crippen LogP contribution in [0.2, 0.25) is 0 Å². The van der Waals surface area contributed by atoms with Gasteiger partial charge in [-0.3, -0.25) is 19.9 Å². The summed E-state index contributed by atoms with van der Waals surface area (Å²) in [6.45, 7) is 3.60. The maximum Gasteiger partial charge on any atom is 0.259 e. The third kappa shape index (κ3) is 4.20. The zero-order valence-electron chi connectivity index (χ0n) is 12.9. The van der Waals surface area contributed by atoms with Crippen molar-refractivity contribution in [1.82, 2.24) is 10.3 Å². The van der Waals surface area contributed by atoms with Crippen molar-refractivity contribution >= 4 is 11.8 Å². The normalized spacial score (nSPS) is 12.0. The molecule has 0 aliphatic heterocycles. The Bertz CT molecular complexity index is 697. The minimum atomic E-state index is -0.745. The van der Waals surface area contributed by atoms with Crippen LogP contribution in [0.25, 0.3) is 11.3 Å². The van der Waals surface area contributed by atoms with Gasteiger partial charge in [0.15, 0.2) is 0 Å². The maximum atomic E-state index is 12.9. The van der Waals surface area contributed by atoms with Crippen LogP contribution in [0.1, 0.15) is 24.2 Å². The highest BCUT2D eigenvalue weighted by Gasteiger charge is 2.20. The fourth-order valence-corrected chi connectivity index (χ4v) is 1.89. The molecule has 0 radical (unpaired) electrons. The molecule has 1 heterocycles. The van der Waals surface area contributed by atoms with E-state index in [9.17, 15) is 14.0 Å². The molecule has 1 aromatic heterocycles. The molecule has 6 heteroatoms. The highest BCUT2D eigenvalue weighted by molar-refractivity contribution is 6.06. The molecule has 2 amide bonds. The molecule has 3 N–H and O–H groups in total. The maximum absolute atomic E-state index is 12.9. The van der Waals surface area contributed by atoms with Gasteiger partial charge in [-0.25, -0.2) is 4.39 Å². The van der Waals surface area contributed by atoms with Crippen molar-refractivity contribution in [2.45, 2.75) is 19.9 Å². The van der Waals surface area contributed by atoms with Gasteiger partial charge in [0.2, 0.25) is 5.91 Å². The molecule has 1 aromatic carbocycles. The molecule has 0 saturated carbocycles. The first kappa shape index (κ1) is 16.8. The van der Waals surface area contributed by atoms with Crippen molar-refractivity contribution < 1.29 is 14.0 Å². The van der Waals surface area contributed by atoms with Crippen LogP contribution in [0.4, 0.5) is 4.39 Å². The van der Waals surface area contributed by atoms with Crippen LogP contribution in [0, 0.1) is 11.7 Å². The van der Waals surface area contributed by atoms with Crippen LogP contribution in [0.15, 0.2) is 42.6 Å². The molecule has 0 spiro atoms. The predicted octanol–water partition coefficient (Wildman–Crippen LogP) is 2.13. The molecule has 1 atom stereocenters. The van der Waals surface area contributed by atoms with Gasteiger partial charge in [0.1, 0.15) is 5.82 Å². The number of hydrogen-bond donors (Lipinski definition) is 2. The number of halogens is 1. The Morgan fingerprint density at radius 3 is 2.30 bits per heavy atom. The second kappa shape index (κ2) is 7.11. The van der Waals surface area contributed by atoms with E-state index in [0.717, 1.165) is 5.56 Å². The monoisotopic (exact) mass is 315 g/mol. The first-order valence-corrected chi connectivity index (χ1v) is 7.21. The largest absolute Gasteiger partial charge is 0.320 e. The van der Waals surface area contributed by atoms with E-state index in [1.54, 1.807) is 38.1 Å².